The van der Waals surface area contributed by atoms with Gasteiger partial charge in [0.25, 0.3) is 5.91 Å². The van der Waals surface area contributed by atoms with E-state index in [1.165, 1.54) is 11.8 Å². The van der Waals surface area contributed by atoms with Gasteiger partial charge in [0.2, 0.25) is 0 Å². The fraction of sp³-hybridized carbons (Fsp3) is 0.176. The average Bonchev–Trinajstić information content (AvgIpc) is 3.16. The Bertz CT molecular complexity index is 817. The largest absolute Gasteiger partial charge is 0.345 e. The molecule has 0 aliphatic rings. The lowest BCUT2D eigenvalue weighted by molar-refractivity contribution is 0.0939. The number of carbonyl (C=O) groups excluding carboxylic acids is 1. The number of carbonyl (C=O) groups is 1. The highest BCUT2D eigenvalue weighted by atomic mass is 32.2. The van der Waals surface area contributed by atoms with Gasteiger partial charge in [0.15, 0.2) is 5.16 Å². The first-order valence-electron chi connectivity index (χ1n) is 7.45. The van der Waals surface area contributed by atoms with Gasteiger partial charge in [-0.15, -0.1) is 0 Å². The van der Waals surface area contributed by atoms with Crippen LogP contribution in [0.25, 0.3) is 5.69 Å². The lowest BCUT2D eigenvalue weighted by Crippen LogP contribution is -2.27. The summed E-state index contributed by atoms with van der Waals surface area (Å²) in [4.78, 5) is 20.7. The molecule has 0 aliphatic heterocycles. The molecular weight excluding hydrogens is 322 g/mol. The third-order valence-corrected chi connectivity index (χ3v) is 4.15. The molecule has 0 aliphatic carbocycles. The number of hydrogen-bond donors (Lipinski definition) is 1. The molecule has 3 rings (SSSR count). The van der Waals surface area contributed by atoms with Crippen molar-refractivity contribution < 1.29 is 4.79 Å². The normalized spacial score (nSPS) is 11.9. The molecule has 2 aromatic heterocycles. The molecule has 7 heteroatoms. The number of benzene rings is 1. The van der Waals surface area contributed by atoms with Crippen molar-refractivity contribution in [2.24, 2.45) is 0 Å². The molecule has 0 saturated heterocycles. The molecule has 1 aromatic carbocycles. The summed E-state index contributed by atoms with van der Waals surface area (Å²) in [6.07, 6.45) is 8.58. The van der Waals surface area contributed by atoms with Crippen LogP contribution in [0, 0.1) is 0 Å². The Labute approximate surface area is 144 Å². The summed E-state index contributed by atoms with van der Waals surface area (Å²) >= 11 is 1.44. The van der Waals surface area contributed by atoms with Gasteiger partial charge in [-0.1, -0.05) is 30.0 Å². The van der Waals surface area contributed by atoms with Crippen molar-refractivity contribution in [3.8, 4) is 5.69 Å². The zero-order valence-electron chi connectivity index (χ0n) is 13.4. The van der Waals surface area contributed by atoms with Crippen LogP contribution in [0.4, 0.5) is 0 Å². The molecule has 3 aromatic rings. The van der Waals surface area contributed by atoms with Crippen LogP contribution in [0.15, 0.2) is 60.3 Å². The Morgan fingerprint density at radius 1 is 1.21 bits per heavy atom. The molecule has 1 N–H and O–H groups in total. The second-order valence-corrected chi connectivity index (χ2v) is 5.94. The van der Waals surface area contributed by atoms with E-state index in [-0.39, 0.29) is 11.9 Å². The number of nitrogens with one attached hydrogen (secondary N) is 1. The van der Waals surface area contributed by atoms with Crippen molar-refractivity contribution in [1.29, 1.82) is 0 Å². The van der Waals surface area contributed by atoms with E-state index in [0.29, 0.717) is 10.7 Å². The highest BCUT2D eigenvalue weighted by Gasteiger charge is 2.16. The summed E-state index contributed by atoms with van der Waals surface area (Å²) in [7, 11) is 0. The number of thioether (sulfide) groups is 1. The Hall–Kier alpha value is -2.67. The summed E-state index contributed by atoms with van der Waals surface area (Å²) in [5, 5.41) is 7.90. The summed E-state index contributed by atoms with van der Waals surface area (Å²) in [6.45, 7) is 1.94. The van der Waals surface area contributed by atoms with Crippen LogP contribution < -0.4 is 5.32 Å². The SMILES string of the molecule is CSc1ncc(C(=O)N[C@H](C)c2ccccc2-n2cccn2)cn1. The Morgan fingerprint density at radius 2 is 1.96 bits per heavy atom. The zero-order valence-corrected chi connectivity index (χ0v) is 14.2. The molecule has 0 radical (unpaired) electrons. The molecule has 1 amide bonds. The van der Waals surface area contributed by atoms with Crippen LogP contribution in [0.1, 0.15) is 28.9 Å². The standard InChI is InChI=1S/C17H17N5OS/c1-12(21-16(23)13-10-18-17(24-2)19-11-13)14-6-3-4-7-15(14)22-9-5-8-20-22/h3-12H,1-2H3,(H,21,23)/t12-/m1/s1. The summed E-state index contributed by atoms with van der Waals surface area (Å²) in [5.41, 5.74) is 2.36. The molecule has 0 fully saturated rings. The van der Waals surface area contributed by atoms with Crippen LogP contribution in [0.2, 0.25) is 0 Å². The zero-order chi connectivity index (χ0) is 16.9. The lowest BCUT2D eigenvalue weighted by atomic mass is 10.1. The molecule has 122 valence electrons. The van der Waals surface area contributed by atoms with E-state index in [4.69, 9.17) is 0 Å². The number of amides is 1. The number of nitrogens with zero attached hydrogens (tertiary/aromatic N) is 4. The Kier molecular flexibility index (Phi) is 4.90. The minimum atomic E-state index is -0.203. The smallest absolute Gasteiger partial charge is 0.254 e. The number of rotatable bonds is 5. The topological polar surface area (TPSA) is 72.7 Å². The third-order valence-electron chi connectivity index (χ3n) is 3.57. The maximum absolute atomic E-state index is 12.4. The van der Waals surface area contributed by atoms with Gasteiger partial charge in [-0.25, -0.2) is 14.6 Å². The lowest BCUT2D eigenvalue weighted by Gasteiger charge is -2.18. The van der Waals surface area contributed by atoms with E-state index in [1.54, 1.807) is 23.3 Å². The predicted octanol–water partition coefficient (Wildman–Crippen LogP) is 2.88. The first-order chi connectivity index (χ1) is 11.7. The monoisotopic (exact) mass is 339 g/mol. The average molecular weight is 339 g/mol. The van der Waals surface area contributed by atoms with Gasteiger partial charge < -0.3 is 5.32 Å². The second-order valence-electron chi connectivity index (χ2n) is 5.16. The highest BCUT2D eigenvalue weighted by Crippen LogP contribution is 2.21. The van der Waals surface area contributed by atoms with E-state index in [0.717, 1.165) is 11.3 Å². The molecule has 6 nitrogen and oxygen atoms in total. The van der Waals surface area contributed by atoms with Crippen LogP contribution >= 0.6 is 11.8 Å². The van der Waals surface area contributed by atoms with Crippen molar-refractivity contribution >= 4 is 17.7 Å². The minimum Gasteiger partial charge on any atom is -0.345 e. The number of para-hydroxylation sites is 1. The van der Waals surface area contributed by atoms with Crippen molar-refractivity contribution in [2.45, 2.75) is 18.1 Å². The van der Waals surface area contributed by atoms with E-state index in [1.807, 2.05) is 49.7 Å². The van der Waals surface area contributed by atoms with Gasteiger partial charge in [-0.05, 0) is 30.9 Å². The van der Waals surface area contributed by atoms with E-state index in [2.05, 4.69) is 20.4 Å². The van der Waals surface area contributed by atoms with Gasteiger partial charge in [0.05, 0.1) is 17.3 Å². The first-order valence-corrected chi connectivity index (χ1v) is 8.67. The molecule has 2 heterocycles. The Morgan fingerprint density at radius 3 is 2.62 bits per heavy atom. The number of hydrogen-bond acceptors (Lipinski definition) is 5. The summed E-state index contributed by atoms with van der Waals surface area (Å²) in [6, 6.07) is 9.53. The fourth-order valence-corrected chi connectivity index (χ4v) is 2.69. The van der Waals surface area contributed by atoms with Crippen molar-refractivity contribution in [1.82, 2.24) is 25.1 Å². The fourth-order valence-electron chi connectivity index (χ4n) is 2.37. The molecule has 24 heavy (non-hydrogen) atoms. The van der Waals surface area contributed by atoms with Crippen LogP contribution in [0.3, 0.4) is 0 Å². The van der Waals surface area contributed by atoms with Crippen molar-refractivity contribution in [3.63, 3.8) is 0 Å². The summed E-state index contributed by atoms with van der Waals surface area (Å²) in [5.74, 6) is -0.203. The molecule has 0 saturated carbocycles. The van der Waals surface area contributed by atoms with Crippen LogP contribution in [-0.4, -0.2) is 31.9 Å². The highest BCUT2D eigenvalue weighted by molar-refractivity contribution is 7.98. The first kappa shape index (κ1) is 16.2. The van der Waals surface area contributed by atoms with E-state index < -0.39 is 0 Å². The molecule has 0 spiro atoms. The summed E-state index contributed by atoms with van der Waals surface area (Å²) < 4.78 is 1.79. The van der Waals surface area contributed by atoms with Gasteiger partial charge in [-0.3, -0.25) is 4.79 Å². The predicted molar refractivity (Wildman–Crippen MR) is 93.3 cm³/mol. The van der Waals surface area contributed by atoms with Gasteiger partial charge >= 0.3 is 0 Å². The van der Waals surface area contributed by atoms with E-state index in [9.17, 15) is 4.79 Å². The van der Waals surface area contributed by atoms with Crippen LogP contribution in [0.5, 0.6) is 0 Å². The second kappa shape index (κ2) is 7.27. The number of aromatic nitrogens is 4. The van der Waals surface area contributed by atoms with Gasteiger partial charge in [0, 0.05) is 24.8 Å². The molecular formula is C17H17N5OS. The molecule has 1 atom stereocenters. The molecule has 0 unspecified atom stereocenters. The maximum Gasteiger partial charge on any atom is 0.254 e. The van der Waals surface area contributed by atoms with E-state index >= 15 is 0 Å². The quantitative estimate of drug-likeness (QED) is 0.571. The van der Waals surface area contributed by atoms with Crippen molar-refractivity contribution in [2.75, 3.05) is 6.26 Å². The van der Waals surface area contributed by atoms with Gasteiger partial charge in [-0.2, -0.15) is 5.10 Å². The van der Waals surface area contributed by atoms with Crippen molar-refractivity contribution in [3.05, 3.63) is 66.2 Å². The molecule has 0 bridgehead atoms. The third kappa shape index (κ3) is 3.46. The van der Waals surface area contributed by atoms with Crippen LogP contribution in [-0.2, 0) is 0 Å². The maximum atomic E-state index is 12.4. The Balaban J connectivity index is 1.80. The minimum absolute atomic E-state index is 0.182. The van der Waals surface area contributed by atoms with Gasteiger partial charge in [0.1, 0.15) is 0 Å².